The van der Waals surface area contributed by atoms with Crippen molar-refractivity contribution in [3.63, 3.8) is 0 Å². The quantitative estimate of drug-likeness (QED) is 0.832. The maximum Gasteiger partial charge on any atom is 0.488 e. The van der Waals surface area contributed by atoms with E-state index in [0.717, 1.165) is 30.3 Å². The lowest BCUT2D eigenvalue weighted by molar-refractivity contribution is 0.297. The Hall–Kier alpha value is -1.99. The number of rotatable bonds is 4. The second-order valence-corrected chi connectivity index (χ2v) is 4.12. The average molecular weight is 282 g/mol. The molecule has 0 aliphatic heterocycles. The molecular weight excluding hydrogens is 272 g/mol. The number of ether oxygens (including phenoxy) is 1. The van der Waals surface area contributed by atoms with E-state index in [0.29, 0.717) is 0 Å². The molecule has 2 rings (SSSR count). The molecule has 2 aromatic rings. The van der Waals surface area contributed by atoms with Gasteiger partial charge >= 0.3 is 7.12 Å². The highest BCUT2D eigenvalue weighted by molar-refractivity contribution is 6.58. The van der Waals surface area contributed by atoms with Crippen molar-refractivity contribution in [3.8, 4) is 5.75 Å². The highest BCUT2D eigenvalue weighted by Crippen LogP contribution is 2.16. The Morgan fingerprint density at radius 3 is 2.40 bits per heavy atom. The van der Waals surface area contributed by atoms with Crippen LogP contribution < -0.4 is 10.2 Å². The molecule has 0 aliphatic rings. The maximum absolute atomic E-state index is 13.4. The Morgan fingerprint density at radius 1 is 0.950 bits per heavy atom. The lowest BCUT2D eigenvalue weighted by Gasteiger charge is -2.09. The minimum absolute atomic E-state index is 0.0169. The van der Waals surface area contributed by atoms with Crippen molar-refractivity contribution in [1.82, 2.24) is 0 Å². The van der Waals surface area contributed by atoms with Crippen molar-refractivity contribution < 1.29 is 28.0 Å². The van der Waals surface area contributed by atoms with Crippen LogP contribution in [0.2, 0.25) is 0 Å². The summed E-state index contributed by atoms with van der Waals surface area (Å²) < 4.78 is 44.7. The summed E-state index contributed by atoms with van der Waals surface area (Å²) in [6.45, 7) is -0.311. The molecule has 104 valence electrons. The lowest BCUT2D eigenvalue weighted by atomic mass is 9.80. The van der Waals surface area contributed by atoms with E-state index in [2.05, 4.69) is 0 Å². The van der Waals surface area contributed by atoms with Crippen LogP contribution in [0.3, 0.4) is 0 Å². The van der Waals surface area contributed by atoms with Crippen LogP contribution in [0.4, 0.5) is 13.2 Å². The van der Waals surface area contributed by atoms with Crippen LogP contribution in [-0.4, -0.2) is 17.2 Å². The Labute approximate surface area is 113 Å². The first-order chi connectivity index (χ1) is 9.45. The van der Waals surface area contributed by atoms with E-state index >= 15 is 0 Å². The second kappa shape index (κ2) is 5.98. The first-order valence-corrected chi connectivity index (χ1v) is 5.69. The van der Waals surface area contributed by atoms with Crippen LogP contribution in [0, 0.1) is 17.5 Å². The highest BCUT2D eigenvalue weighted by atomic mass is 19.1. The van der Waals surface area contributed by atoms with Crippen LogP contribution >= 0.6 is 0 Å². The highest BCUT2D eigenvalue weighted by Gasteiger charge is 2.14. The van der Waals surface area contributed by atoms with Gasteiger partial charge in [0.25, 0.3) is 0 Å². The molecular formula is C13H10BF3O3. The third kappa shape index (κ3) is 3.52. The third-order valence-corrected chi connectivity index (χ3v) is 2.59. The molecule has 0 unspecified atom stereocenters. The topological polar surface area (TPSA) is 49.7 Å². The monoisotopic (exact) mass is 282 g/mol. The number of hydrogen-bond acceptors (Lipinski definition) is 3. The summed E-state index contributed by atoms with van der Waals surface area (Å²) in [5.74, 6) is -2.01. The molecule has 2 aromatic carbocycles. The average Bonchev–Trinajstić information content (AvgIpc) is 2.39. The van der Waals surface area contributed by atoms with Gasteiger partial charge in [0.1, 0.15) is 29.8 Å². The molecule has 0 atom stereocenters. The number of halogens is 3. The molecule has 7 heteroatoms. The summed E-state index contributed by atoms with van der Waals surface area (Å²) >= 11 is 0. The Kier molecular flexibility index (Phi) is 4.31. The fraction of sp³-hybridized carbons (Fsp3) is 0.0769. The third-order valence-electron chi connectivity index (χ3n) is 2.59. The van der Waals surface area contributed by atoms with Gasteiger partial charge in [-0.15, -0.1) is 0 Å². The molecule has 2 N–H and O–H groups in total. The van der Waals surface area contributed by atoms with Crippen molar-refractivity contribution in [2.24, 2.45) is 0 Å². The molecule has 20 heavy (non-hydrogen) atoms. The molecule has 0 aliphatic carbocycles. The van der Waals surface area contributed by atoms with Crippen molar-refractivity contribution in [2.45, 2.75) is 6.61 Å². The molecule has 0 bridgehead atoms. The lowest BCUT2D eigenvalue weighted by Crippen LogP contribution is -2.30. The van der Waals surface area contributed by atoms with E-state index in [4.69, 9.17) is 14.8 Å². The first kappa shape index (κ1) is 14.4. The largest absolute Gasteiger partial charge is 0.489 e. The Bertz CT molecular complexity index is 620. The molecule has 0 aromatic heterocycles. The van der Waals surface area contributed by atoms with Gasteiger partial charge in [-0.05, 0) is 35.8 Å². The second-order valence-electron chi connectivity index (χ2n) is 4.12. The fourth-order valence-corrected chi connectivity index (χ4v) is 1.63. The zero-order valence-corrected chi connectivity index (χ0v) is 10.2. The van der Waals surface area contributed by atoms with Gasteiger partial charge in [0, 0.05) is 11.6 Å². The van der Waals surface area contributed by atoms with Gasteiger partial charge in [0.15, 0.2) is 0 Å². The van der Waals surface area contributed by atoms with E-state index in [1.54, 1.807) is 0 Å². The molecule has 0 heterocycles. The van der Waals surface area contributed by atoms with Crippen LogP contribution in [-0.2, 0) is 6.61 Å². The summed E-state index contributed by atoms with van der Waals surface area (Å²) in [5, 5.41) is 17.9. The molecule has 3 nitrogen and oxygen atoms in total. The maximum atomic E-state index is 13.4. The molecule has 0 radical (unpaired) electrons. The molecule has 0 fully saturated rings. The summed E-state index contributed by atoms with van der Waals surface area (Å²) in [7, 11) is -1.85. The zero-order chi connectivity index (χ0) is 14.7. The predicted molar refractivity (Wildman–Crippen MR) is 66.9 cm³/mol. The number of hydrogen-bond donors (Lipinski definition) is 2. The van der Waals surface area contributed by atoms with Crippen molar-refractivity contribution in [1.29, 1.82) is 0 Å². The van der Waals surface area contributed by atoms with Gasteiger partial charge in [-0.1, -0.05) is 0 Å². The minimum Gasteiger partial charge on any atom is -0.489 e. The zero-order valence-electron chi connectivity index (χ0n) is 10.2. The summed E-state index contributed by atoms with van der Waals surface area (Å²) in [6.07, 6.45) is 0. The van der Waals surface area contributed by atoms with Gasteiger partial charge in [-0.3, -0.25) is 0 Å². The van der Waals surface area contributed by atoms with Crippen LogP contribution in [0.5, 0.6) is 5.75 Å². The Morgan fingerprint density at radius 2 is 1.70 bits per heavy atom. The molecule has 0 amide bonds. The van der Waals surface area contributed by atoms with Crippen molar-refractivity contribution >= 4 is 12.6 Å². The molecule has 0 saturated carbocycles. The normalized spacial score (nSPS) is 10.4. The summed E-state index contributed by atoms with van der Waals surface area (Å²) in [5.41, 5.74) is -0.125. The van der Waals surface area contributed by atoms with Crippen LogP contribution in [0.25, 0.3) is 0 Å². The predicted octanol–water partition coefficient (Wildman–Crippen LogP) is 1.36. The van der Waals surface area contributed by atoms with Gasteiger partial charge in [-0.25, -0.2) is 13.2 Å². The van der Waals surface area contributed by atoms with E-state index in [1.165, 1.54) is 6.07 Å². The Balaban J connectivity index is 2.16. The smallest absolute Gasteiger partial charge is 0.488 e. The van der Waals surface area contributed by atoms with E-state index in [-0.39, 0.29) is 23.4 Å². The summed E-state index contributed by atoms with van der Waals surface area (Å²) in [4.78, 5) is 0. The fourth-order valence-electron chi connectivity index (χ4n) is 1.63. The molecule has 0 saturated heterocycles. The van der Waals surface area contributed by atoms with Gasteiger partial charge < -0.3 is 14.8 Å². The van der Waals surface area contributed by atoms with Crippen LogP contribution in [0.1, 0.15) is 5.56 Å². The summed E-state index contributed by atoms with van der Waals surface area (Å²) in [6, 6.07) is 6.04. The minimum atomic E-state index is -1.85. The molecule has 0 spiro atoms. The van der Waals surface area contributed by atoms with Gasteiger partial charge in [0.2, 0.25) is 0 Å². The van der Waals surface area contributed by atoms with E-state index in [9.17, 15) is 13.2 Å². The first-order valence-electron chi connectivity index (χ1n) is 5.69. The van der Waals surface area contributed by atoms with Crippen molar-refractivity contribution in [3.05, 3.63) is 59.4 Å². The number of benzene rings is 2. The standard InChI is InChI=1S/C13H10BF3O3/c15-10-1-2-13(17)8(3-10)7-20-12-5-9(14(18)19)4-11(16)6-12/h1-6,18-19H,7H2. The van der Waals surface area contributed by atoms with E-state index < -0.39 is 24.6 Å². The van der Waals surface area contributed by atoms with Crippen LogP contribution in [0.15, 0.2) is 36.4 Å². The van der Waals surface area contributed by atoms with Crippen molar-refractivity contribution in [2.75, 3.05) is 0 Å². The SMILES string of the molecule is OB(O)c1cc(F)cc(OCc2cc(F)ccc2F)c1. The van der Waals surface area contributed by atoms with Gasteiger partial charge in [-0.2, -0.15) is 0 Å². The van der Waals surface area contributed by atoms with E-state index in [1.807, 2.05) is 0 Å². The van der Waals surface area contributed by atoms with Gasteiger partial charge in [0.05, 0.1) is 0 Å².